The van der Waals surface area contributed by atoms with Gasteiger partial charge in [-0.05, 0) is 59.5 Å². The molecule has 0 radical (unpaired) electrons. The Morgan fingerprint density at radius 1 is 0.844 bits per heavy atom. The van der Waals surface area contributed by atoms with Crippen LogP contribution in [0.15, 0.2) is 64.4 Å². The van der Waals surface area contributed by atoms with Crippen LogP contribution in [-0.2, 0) is 13.0 Å². The third-order valence-corrected chi connectivity index (χ3v) is 7.70. The highest BCUT2D eigenvalue weighted by atomic mass is 35.5. The molecule has 2 nitrogen and oxygen atoms in total. The molecule has 3 aromatic carbocycles. The van der Waals surface area contributed by atoms with Gasteiger partial charge in [0.05, 0.1) is 5.02 Å². The van der Waals surface area contributed by atoms with Gasteiger partial charge in [0.2, 0.25) is 0 Å². The summed E-state index contributed by atoms with van der Waals surface area (Å²) >= 11 is 7.57. The van der Waals surface area contributed by atoms with Crippen molar-refractivity contribution in [3.63, 3.8) is 0 Å². The maximum absolute atomic E-state index is 14.3. The zero-order valence-electron chi connectivity index (χ0n) is 17.3. The average molecular weight is 475 g/mol. The molecular weight excluding hydrogens is 453 g/mol. The van der Waals surface area contributed by atoms with Crippen molar-refractivity contribution < 1.29 is 13.2 Å². The van der Waals surface area contributed by atoms with Gasteiger partial charge >= 0.3 is 0 Å². The van der Waals surface area contributed by atoms with Crippen molar-refractivity contribution in [2.24, 2.45) is 0 Å². The van der Waals surface area contributed by atoms with Crippen LogP contribution in [0.1, 0.15) is 22.7 Å². The first-order valence-corrected chi connectivity index (χ1v) is 11.8. The molecule has 2 aliphatic heterocycles. The van der Waals surface area contributed by atoms with E-state index in [0.717, 1.165) is 65.6 Å². The van der Waals surface area contributed by atoms with E-state index in [1.54, 1.807) is 6.07 Å². The molecule has 7 heteroatoms. The molecule has 0 N–H and O–H groups in total. The molecule has 0 aliphatic carbocycles. The van der Waals surface area contributed by atoms with Crippen molar-refractivity contribution >= 4 is 23.4 Å². The fourth-order valence-corrected chi connectivity index (χ4v) is 5.87. The van der Waals surface area contributed by atoms with Crippen LogP contribution in [-0.4, -0.2) is 36.0 Å². The van der Waals surface area contributed by atoms with Crippen molar-refractivity contribution in [1.82, 2.24) is 9.80 Å². The Kier molecular flexibility index (Phi) is 6.21. The van der Waals surface area contributed by atoms with E-state index in [1.807, 2.05) is 18.2 Å². The van der Waals surface area contributed by atoms with E-state index in [9.17, 15) is 13.2 Å². The summed E-state index contributed by atoms with van der Waals surface area (Å²) in [4.78, 5) is 6.38. The van der Waals surface area contributed by atoms with E-state index in [-0.39, 0.29) is 22.7 Å². The highest BCUT2D eigenvalue weighted by molar-refractivity contribution is 7.99. The maximum Gasteiger partial charge on any atom is 0.142 e. The lowest BCUT2D eigenvalue weighted by Gasteiger charge is -2.39. The van der Waals surface area contributed by atoms with Crippen LogP contribution >= 0.6 is 23.4 Å². The van der Waals surface area contributed by atoms with Gasteiger partial charge in [-0.15, -0.1) is 0 Å². The predicted octanol–water partition coefficient (Wildman–Crippen LogP) is 6.32. The molecule has 5 rings (SSSR count). The van der Waals surface area contributed by atoms with Crippen LogP contribution in [0.2, 0.25) is 5.02 Å². The summed E-state index contributed by atoms with van der Waals surface area (Å²) < 4.78 is 41.4. The monoisotopic (exact) mass is 474 g/mol. The second-order valence-corrected chi connectivity index (χ2v) is 9.81. The van der Waals surface area contributed by atoms with Gasteiger partial charge in [0.25, 0.3) is 0 Å². The minimum absolute atomic E-state index is 0.0373. The van der Waals surface area contributed by atoms with Gasteiger partial charge in [-0.25, -0.2) is 13.2 Å². The molecule has 2 aliphatic rings. The molecule has 1 saturated heterocycles. The number of hydrogen-bond acceptors (Lipinski definition) is 3. The largest absolute Gasteiger partial charge is 0.297 e. The van der Waals surface area contributed by atoms with Crippen LogP contribution in [0.5, 0.6) is 0 Å². The summed E-state index contributed by atoms with van der Waals surface area (Å²) in [6.07, 6.45) is 0.718. The Bertz CT molecular complexity index is 1130. The lowest BCUT2D eigenvalue weighted by Crippen LogP contribution is -2.47. The van der Waals surface area contributed by atoms with Crippen LogP contribution in [0.3, 0.4) is 0 Å². The summed E-state index contributed by atoms with van der Waals surface area (Å²) in [7, 11) is 0. The van der Waals surface area contributed by atoms with E-state index in [1.165, 1.54) is 42.1 Å². The van der Waals surface area contributed by atoms with Crippen LogP contribution in [0, 0.1) is 17.5 Å². The smallest absolute Gasteiger partial charge is 0.142 e. The number of nitrogens with zero attached hydrogens (tertiary/aromatic N) is 2. The Morgan fingerprint density at radius 3 is 2.31 bits per heavy atom. The molecule has 3 aromatic rings. The van der Waals surface area contributed by atoms with Crippen molar-refractivity contribution in [1.29, 1.82) is 0 Å². The molecule has 0 aromatic heterocycles. The van der Waals surface area contributed by atoms with Gasteiger partial charge < -0.3 is 0 Å². The van der Waals surface area contributed by atoms with Gasteiger partial charge in [-0.3, -0.25) is 9.80 Å². The SMILES string of the molecule is Fc1ccc(CN2CCN([C@@H]3Cc4ccc(F)cc4Sc4cc(F)c(Cl)cc43)CC2)cc1. The Hall–Kier alpha value is -1.99. The van der Waals surface area contributed by atoms with Crippen LogP contribution < -0.4 is 0 Å². The fourth-order valence-electron chi connectivity index (χ4n) is 4.53. The first-order valence-electron chi connectivity index (χ1n) is 10.6. The maximum atomic E-state index is 14.3. The zero-order chi connectivity index (χ0) is 22.2. The molecule has 32 heavy (non-hydrogen) atoms. The van der Waals surface area contributed by atoms with Crippen molar-refractivity contribution in [2.45, 2.75) is 28.8 Å². The second kappa shape index (κ2) is 9.10. The van der Waals surface area contributed by atoms with Gasteiger partial charge in [0.1, 0.15) is 17.5 Å². The summed E-state index contributed by atoms with van der Waals surface area (Å²) in [6, 6.07) is 14.7. The Morgan fingerprint density at radius 2 is 1.56 bits per heavy atom. The second-order valence-electron chi connectivity index (χ2n) is 8.32. The first-order chi connectivity index (χ1) is 15.5. The number of hydrogen-bond donors (Lipinski definition) is 0. The molecule has 0 spiro atoms. The molecular formula is C25H22ClF3N2S. The van der Waals surface area contributed by atoms with Gasteiger partial charge in [0.15, 0.2) is 0 Å². The predicted molar refractivity (Wildman–Crippen MR) is 122 cm³/mol. The number of halogens is 4. The van der Waals surface area contributed by atoms with Crippen LogP contribution in [0.25, 0.3) is 0 Å². The van der Waals surface area contributed by atoms with E-state index in [2.05, 4.69) is 9.80 Å². The number of rotatable bonds is 3. The van der Waals surface area contributed by atoms with Crippen LogP contribution in [0.4, 0.5) is 13.2 Å². The third-order valence-electron chi connectivity index (χ3n) is 6.24. The Labute approximate surface area is 195 Å². The fraction of sp³-hybridized carbons (Fsp3) is 0.280. The van der Waals surface area contributed by atoms with Gasteiger partial charge in [0, 0.05) is 48.6 Å². The molecule has 1 atom stereocenters. The zero-order valence-corrected chi connectivity index (χ0v) is 18.9. The highest BCUT2D eigenvalue weighted by Gasteiger charge is 2.31. The standard InChI is InChI=1S/C25H22ClF3N2S/c26-21-13-20-23(11-17-3-6-19(28)12-24(17)32-25(20)14-22(21)29)31-9-7-30(8-10-31)15-16-1-4-18(27)5-2-16/h1-6,12-14,23H,7-11,15H2/t23-/m1/s1. The van der Waals surface area contributed by atoms with Crippen molar-refractivity contribution in [3.8, 4) is 0 Å². The molecule has 0 amide bonds. The Balaban J connectivity index is 1.38. The lowest BCUT2D eigenvalue weighted by atomic mass is 9.96. The van der Waals surface area contributed by atoms with E-state index in [0.29, 0.717) is 0 Å². The minimum atomic E-state index is -0.458. The van der Waals surface area contributed by atoms with Crippen molar-refractivity contribution in [3.05, 3.63) is 93.8 Å². The third kappa shape index (κ3) is 4.55. The molecule has 0 bridgehead atoms. The number of benzene rings is 3. The molecule has 166 valence electrons. The summed E-state index contributed by atoms with van der Waals surface area (Å²) in [6.45, 7) is 4.23. The normalized spacial score (nSPS) is 19.3. The molecule has 2 heterocycles. The topological polar surface area (TPSA) is 6.48 Å². The van der Waals surface area contributed by atoms with E-state index < -0.39 is 5.82 Å². The highest BCUT2D eigenvalue weighted by Crippen LogP contribution is 2.44. The molecule has 1 fully saturated rings. The number of fused-ring (bicyclic) bond motifs is 2. The molecule has 0 saturated carbocycles. The summed E-state index contributed by atoms with van der Waals surface area (Å²) in [5, 5.41) is 0.112. The van der Waals surface area contributed by atoms with Crippen molar-refractivity contribution in [2.75, 3.05) is 26.2 Å². The quantitative estimate of drug-likeness (QED) is 0.438. The minimum Gasteiger partial charge on any atom is -0.297 e. The average Bonchev–Trinajstić information content (AvgIpc) is 2.92. The summed E-state index contributed by atoms with van der Waals surface area (Å²) in [5.74, 6) is -0.973. The van der Waals surface area contributed by atoms with Gasteiger partial charge in [-0.2, -0.15) is 0 Å². The molecule has 0 unspecified atom stereocenters. The summed E-state index contributed by atoms with van der Waals surface area (Å²) in [5.41, 5.74) is 3.14. The number of piperazine rings is 1. The lowest BCUT2D eigenvalue weighted by molar-refractivity contribution is 0.0902. The van der Waals surface area contributed by atoms with E-state index in [4.69, 9.17) is 11.6 Å². The van der Waals surface area contributed by atoms with Gasteiger partial charge in [-0.1, -0.05) is 41.6 Å². The van der Waals surface area contributed by atoms with E-state index >= 15 is 0 Å². The first kappa shape index (κ1) is 21.8.